The van der Waals surface area contributed by atoms with Crippen LogP contribution >= 0.6 is 22.9 Å². The molecular weight excluding hydrogens is 372 g/mol. The van der Waals surface area contributed by atoms with Gasteiger partial charge in [-0.15, -0.1) is 11.3 Å². The lowest BCUT2D eigenvalue weighted by Crippen LogP contribution is -2.39. The van der Waals surface area contributed by atoms with Crippen LogP contribution in [-0.2, 0) is 24.6 Å². The number of aliphatic hydroxyl groups is 1. The van der Waals surface area contributed by atoms with Gasteiger partial charge in [0.1, 0.15) is 17.4 Å². The number of carbonyl (C=O) groups is 1. The van der Waals surface area contributed by atoms with Gasteiger partial charge in [-0.3, -0.25) is 4.79 Å². The van der Waals surface area contributed by atoms with E-state index in [1.54, 1.807) is 6.07 Å². The van der Waals surface area contributed by atoms with Crippen molar-refractivity contribution in [1.29, 1.82) is 0 Å². The number of aliphatic hydroxyl groups excluding tert-OH is 1. The van der Waals surface area contributed by atoms with Crippen LogP contribution in [0.4, 0.5) is 0 Å². The lowest BCUT2D eigenvalue weighted by Gasteiger charge is -2.29. The number of ether oxygens (including phenoxy) is 1. The molecule has 0 aliphatic rings. The standard InChI is InChI=1S/C19H25ClN2O3S/c1-12(2)19(24)22(13(3)4)8-14-7-15(20)5-6-17(14)25-10-18-21-16(9-23)11-26-18/h5-7,11-13,23H,8-10H2,1-4H3. The highest BCUT2D eigenvalue weighted by Crippen LogP contribution is 2.27. The zero-order valence-corrected chi connectivity index (χ0v) is 17.1. The van der Waals surface area contributed by atoms with E-state index < -0.39 is 0 Å². The van der Waals surface area contributed by atoms with Gasteiger partial charge in [-0.2, -0.15) is 0 Å². The molecule has 0 fully saturated rings. The Bertz CT molecular complexity index is 746. The monoisotopic (exact) mass is 396 g/mol. The van der Waals surface area contributed by atoms with E-state index in [2.05, 4.69) is 4.98 Å². The van der Waals surface area contributed by atoms with Crippen LogP contribution in [0.2, 0.25) is 5.02 Å². The zero-order valence-electron chi connectivity index (χ0n) is 15.5. The Kier molecular flexibility index (Phi) is 7.43. The van der Waals surface area contributed by atoms with Gasteiger partial charge in [0, 0.05) is 34.5 Å². The summed E-state index contributed by atoms with van der Waals surface area (Å²) in [7, 11) is 0. The number of rotatable bonds is 8. The van der Waals surface area contributed by atoms with Gasteiger partial charge in [0.2, 0.25) is 5.91 Å². The normalized spacial score (nSPS) is 11.2. The molecule has 0 saturated carbocycles. The number of aromatic nitrogens is 1. The number of nitrogens with zero attached hydrogens (tertiary/aromatic N) is 2. The molecule has 0 aliphatic carbocycles. The summed E-state index contributed by atoms with van der Waals surface area (Å²) in [5, 5.41) is 12.3. The van der Waals surface area contributed by atoms with Gasteiger partial charge >= 0.3 is 0 Å². The Morgan fingerprint density at radius 1 is 1.35 bits per heavy atom. The average molecular weight is 397 g/mol. The van der Waals surface area contributed by atoms with Crippen LogP contribution < -0.4 is 4.74 Å². The fourth-order valence-corrected chi connectivity index (χ4v) is 3.36. The maximum atomic E-state index is 12.5. The largest absolute Gasteiger partial charge is 0.486 e. The molecule has 26 heavy (non-hydrogen) atoms. The smallest absolute Gasteiger partial charge is 0.225 e. The van der Waals surface area contributed by atoms with E-state index in [-0.39, 0.29) is 24.5 Å². The number of carbonyl (C=O) groups excluding carboxylic acids is 1. The first kappa shape index (κ1) is 20.7. The summed E-state index contributed by atoms with van der Waals surface area (Å²) < 4.78 is 5.93. The highest BCUT2D eigenvalue weighted by molar-refractivity contribution is 7.09. The van der Waals surface area contributed by atoms with Crippen LogP contribution in [0.1, 0.15) is 44.0 Å². The maximum absolute atomic E-state index is 12.5. The van der Waals surface area contributed by atoms with Gasteiger partial charge in [0.25, 0.3) is 0 Å². The third-order valence-electron chi connectivity index (χ3n) is 3.88. The van der Waals surface area contributed by atoms with Crippen molar-refractivity contribution in [2.75, 3.05) is 0 Å². The molecular formula is C19H25ClN2O3S. The SMILES string of the molecule is CC(C)C(=O)N(Cc1cc(Cl)ccc1OCc1nc(CO)cs1)C(C)C. The molecule has 1 heterocycles. The van der Waals surface area contributed by atoms with Crippen molar-refractivity contribution < 1.29 is 14.6 Å². The molecule has 1 aromatic carbocycles. The molecule has 1 aromatic heterocycles. The third-order valence-corrected chi connectivity index (χ3v) is 4.98. The van der Waals surface area contributed by atoms with Gasteiger partial charge in [-0.05, 0) is 32.0 Å². The number of halogens is 1. The van der Waals surface area contributed by atoms with Crippen LogP contribution in [0.5, 0.6) is 5.75 Å². The van der Waals surface area contributed by atoms with Crippen LogP contribution in [0.15, 0.2) is 23.6 Å². The fourth-order valence-electron chi connectivity index (χ4n) is 2.47. The molecule has 1 amide bonds. The Morgan fingerprint density at radius 3 is 2.65 bits per heavy atom. The van der Waals surface area contributed by atoms with Crippen LogP contribution in [-0.4, -0.2) is 26.9 Å². The predicted octanol–water partition coefficient (Wildman–Crippen LogP) is 4.26. The van der Waals surface area contributed by atoms with Crippen LogP contribution in [0.3, 0.4) is 0 Å². The Morgan fingerprint density at radius 2 is 2.08 bits per heavy atom. The summed E-state index contributed by atoms with van der Waals surface area (Å²) in [6, 6.07) is 5.49. The van der Waals surface area contributed by atoms with Gasteiger partial charge < -0.3 is 14.7 Å². The Labute approximate surface area is 163 Å². The minimum atomic E-state index is -0.0800. The topological polar surface area (TPSA) is 62.7 Å². The van der Waals surface area contributed by atoms with E-state index in [4.69, 9.17) is 21.4 Å². The van der Waals surface area contributed by atoms with Crippen molar-refractivity contribution in [2.24, 2.45) is 5.92 Å². The molecule has 1 N–H and O–H groups in total. The fraction of sp³-hybridized carbons (Fsp3) is 0.474. The number of benzene rings is 1. The third kappa shape index (κ3) is 5.43. The number of hydrogen-bond acceptors (Lipinski definition) is 5. The first-order valence-electron chi connectivity index (χ1n) is 8.57. The maximum Gasteiger partial charge on any atom is 0.225 e. The summed E-state index contributed by atoms with van der Waals surface area (Å²) in [4.78, 5) is 18.6. The Balaban J connectivity index is 2.18. The van der Waals surface area contributed by atoms with Crippen LogP contribution in [0, 0.1) is 5.92 Å². The van der Waals surface area contributed by atoms with Crippen molar-refractivity contribution in [3.05, 3.63) is 44.9 Å². The molecule has 0 atom stereocenters. The highest BCUT2D eigenvalue weighted by atomic mass is 35.5. The molecule has 0 bridgehead atoms. The van der Waals surface area contributed by atoms with E-state index >= 15 is 0 Å². The molecule has 5 nitrogen and oxygen atoms in total. The van der Waals surface area contributed by atoms with Crippen LogP contribution in [0.25, 0.3) is 0 Å². The van der Waals surface area contributed by atoms with Crippen molar-refractivity contribution in [2.45, 2.75) is 53.5 Å². The number of amides is 1. The van der Waals surface area contributed by atoms with Gasteiger partial charge in [0.05, 0.1) is 12.3 Å². The van der Waals surface area contributed by atoms with Crippen molar-refractivity contribution in [1.82, 2.24) is 9.88 Å². The number of thiazole rings is 1. The molecule has 7 heteroatoms. The molecule has 2 aromatic rings. The first-order valence-corrected chi connectivity index (χ1v) is 9.83. The number of hydrogen-bond donors (Lipinski definition) is 1. The minimum absolute atomic E-state index is 0.0720. The first-order chi connectivity index (χ1) is 12.3. The summed E-state index contributed by atoms with van der Waals surface area (Å²) in [5.74, 6) is 0.698. The Hall–Kier alpha value is -1.63. The molecule has 0 saturated heterocycles. The lowest BCUT2D eigenvalue weighted by molar-refractivity contribution is -0.136. The summed E-state index contributed by atoms with van der Waals surface area (Å²) in [6.07, 6.45) is 0. The van der Waals surface area contributed by atoms with Gasteiger partial charge in [-0.1, -0.05) is 25.4 Å². The summed E-state index contributed by atoms with van der Waals surface area (Å²) >= 11 is 7.61. The summed E-state index contributed by atoms with van der Waals surface area (Å²) in [6.45, 7) is 8.45. The molecule has 0 unspecified atom stereocenters. The zero-order chi connectivity index (χ0) is 19.3. The average Bonchev–Trinajstić information content (AvgIpc) is 3.06. The summed E-state index contributed by atoms with van der Waals surface area (Å²) in [5.41, 5.74) is 1.50. The molecule has 2 rings (SSSR count). The van der Waals surface area contributed by atoms with Crippen molar-refractivity contribution in [3.8, 4) is 5.75 Å². The van der Waals surface area contributed by atoms with Crippen molar-refractivity contribution >= 4 is 28.8 Å². The highest BCUT2D eigenvalue weighted by Gasteiger charge is 2.21. The quantitative estimate of drug-likeness (QED) is 0.724. The van der Waals surface area contributed by atoms with E-state index in [9.17, 15) is 4.79 Å². The second-order valence-electron chi connectivity index (χ2n) is 6.65. The van der Waals surface area contributed by atoms with E-state index in [0.29, 0.717) is 29.6 Å². The van der Waals surface area contributed by atoms with Gasteiger partial charge in [0.15, 0.2) is 0 Å². The second kappa shape index (κ2) is 9.35. The van der Waals surface area contributed by atoms with Gasteiger partial charge in [-0.25, -0.2) is 4.98 Å². The minimum Gasteiger partial charge on any atom is -0.486 e. The van der Waals surface area contributed by atoms with E-state index in [0.717, 1.165) is 10.6 Å². The predicted molar refractivity (Wildman–Crippen MR) is 104 cm³/mol. The molecule has 0 aliphatic heterocycles. The molecule has 142 valence electrons. The second-order valence-corrected chi connectivity index (χ2v) is 8.03. The lowest BCUT2D eigenvalue weighted by atomic mass is 10.1. The van der Waals surface area contributed by atoms with E-state index in [1.807, 2.05) is 50.1 Å². The molecule has 0 radical (unpaired) electrons. The van der Waals surface area contributed by atoms with Crippen molar-refractivity contribution in [3.63, 3.8) is 0 Å². The van der Waals surface area contributed by atoms with E-state index in [1.165, 1.54) is 11.3 Å². The molecule has 0 spiro atoms.